The second-order valence-corrected chi connectivity index (χ2v) is 6.42. The summed E-state index contributed by atoms with van der Waals surface area (Å²) in [5.74, 6) is 0.378. The van der Waals surface area contributed by atoms with Crippen molar-refractivity contribution in [1.29, 1.82) is 10.5 Å². The van der Waals surface area contributed by atoms with Crippen molar-refractivity contribution in [2.45, 2.75) is 45.2 Å². The quantitative estimate of drug-likeness (QED) is 0.659. The third-order valence-corrected chi connectivity index (χ3v) is 4.38. The first kappa shape index (κ1) is 17.9. The molecule has 1 unspecified atom stereocenters. The third-order valence-electron chi connectivity index (χ3n) is 3.41. The lowest BCUT2D eigenvalue weighted by Gasteiger charge is -2.27. The van der Waals surface area contributed by atoms with E-state index < -0.39 is 5.54 Å². The minimum absolute atomic E-state index is 0.00958. The molecule has 0 saturated heterocycles. The fraction of sp³-hybridized carbons (Fsp3) is 0.533. The van der Waals surface area contributed by atoms with Crippen LogP contribution in [0.5, 0.6) is 0 Å². The van der Waals surface area contributed by atoms with Gasteiger partial charge in [-0.25, -0.2) is 9.97 Å². The van der Waals surface area contributed by atoms with Crippen LogP contribution in [0.3, 0.4) is 0 Å². The van der Waals surface area contributed by atoms with Crippen LogP contribution in [0, 0.1) is 42.4 Å². The van der Waals surface area contributed by atoms with Crippen molar-refractivity contribution >= 4 is 17.7 Å². The number of carbonyl (C=O) groups excluding carboxylic acids is 1. The van der Waals surface area contributed by atoms with Crippen molar-refractivity contribution in [2.24, 2.45) is 5.92 Å². The van der Waals surface area contributed by atoms with Crippen LogP contribution in [0.25, 0.3) is 0 Å². The molecule has 1 N–H and O–H groups in total. The lowest BCUT2D eigenvalue weighted by atomic mass is 9.90. The van der Waals surface area contributed by atoms with Crippen LogP contribution in [-0.4, -0.2) is 27.2 Å². The topological polar surface area (TPSA) is 102 Å². The van der Waals surface area contributed by atoms with Crippen LogP contribution in [0.15, 0.2) is 5.03 Å². The summed E-state index contributed by atoms with van der Waals surface area (Å²) in [7, 11) is 0. The Balaban J connectivity index is 2.82. The van der Waals surface area contributed by atoms with E-state index in [1.165, 1.54) is 11.8 Å². The van der Waals surface area contributed by atoms with E-state index >= 15 is 0 Å². The molecule has 0 saturated carbocycles. The normalized spacial score (nSPS) is 13.1. The molecule has 1 heterocycles. The first-order valence-electron chi connectivity index (χ1n) is 6.84. The highest BCUT2D eigenvalue weighted by Crippen LogP contribution is 2.22. The van der Waals surface area contributed by atoms with Crippen LogP contribution in [-0.2, 0) is 4.79 Å². The molecular formula is C15H19N5OS. The zero-order chi connectivity index (χ0) is 16.9. The zero-order valence-electron chi connectivity index (χ0n) is 13.4. The van der Waals surface area contributed by atoms with Crippen molar-refractivity contribution < 1.29 is 4.79 Å². The number of aryl methyl sites for hydroxylation is 2. The number of nitrogens with one attached hydrogen (secondary N) is 1. The van der Waals surface area contributed by atoms with E-state index in [0.29, 0.717) is 22.1 Å². The Hall–Kier alpha value is -2.12. The Morgan fingerprint density at radius 1 is 1.36 bits per heavy atom. The number of rotatable bonds is 5. The van der Waals surface area contributed by atoms with E-state index in [1.807, 2.05) is 13.8 Å². The minimum Gasteiger partial charge on any atom is -0.337 e. The largest absolute Gasteiger partial charge is 0.337 e. The molecule has 0 fully saturated rings. The van der Waals surface area contributed by atoms with Crippen molar-refractivity contribution in [3.05, 3.63) is 17.1 Å². The van der Waals surface area contributed by atoms with Crippen LogP contribution >= 0.6 is 11.8 Å². The Morgan fingerprint density at radius 2 is 2.00 bits per heavy atom. The summed E-state index contributed by atoms with van der Waals surface area (Å²) in [4.78, 5) is 20.4. The average molecular weight is 317 g/mol. The molecule has 0 spiro atoms. The molecule has 7 heteroatoms. The fourth-order valence-corrected chi connectivity index (χ4v) is 2.55. The summed E-state index contributed by atoms with van der Waals surface area (Å²) in [5.41, 5.74) is 0.0741. The first-order valence-corrected chi connectivity index (χ1v) is 7.82. The third kappa shape index (κ3) is 4.19. The Kier molecular flexibility index (Phi) is 5.90. The van der Waals surface area contributed by atoms with Crippen LogP contribution in [0.1, 0.15) is 37.9 Å². The molecule has 0 aromatic carbocycles. The molecule has 1 atom stereocenters. The zero-order valence-corrected chi connectivity index (χ0v) is 14.2. The Morgan fingerprint density at radius 3 is 2.50 bits per heavy atom. The molecule has 116 valence electrons. The van der Waals surface area contributed by atoms with Gasteiger partial charge in [0.1, 0.15) is 28.0 Å². The second-order valence-electron chi connectivity index (χ2n) is 5.45. The summed E-state index contributed by atoms with van der Waals surface area (Å²) in [6.07, 6.45) is 0. The lowest BCUT2D eigenvalue weighted by Crippen LogP contribution is -2.49. The number of nitriles is 2. The maximum Gasteiger partial charge on any atom is 0.231 e. The summed E-state index contributed by atoms with van der Waals surface area (Å²) >= 11 is 1.18. The van der Waals surface area contributed by atoms with Crippen molar-refractivity contribution in [3.8, 4) is 12.1 Å². The van der Waals surface area contributed by atoms with Gasteiger partial charge in [0.2, 0.25) is 5.91 Å². The van der Waals surface area contributed by atoms with Gasteiger partial charge in [-0.1, -0.05) is 25.6 Å². The summed E-state index contributed by atoms with van der Waals surface area (Å²) in [5, 5.41) is 21.6. The van der Waals surface area contributed by atoms with Gasteiger partial charge < -0.3 is 5.32 Å². The molecule has 0 aliphatic carbocycles. The molecule has 22 heavy (non-hydrogen) atoms. The van der Waals surface area contributed by atoms with E-state index in [-0.39, 0.29) is 17.6 Å². The van der Waals surface area contributed by atoms with Gasteiger partial charge in [0.05, 0.1) is 17.5 Å². The minimum atomic E-state index is -0.910. The summed E-state index contributed by atoms with van der Waals surface area (Å²) in [6, 6.07) is 4.19. The van der Waals surface area contributed by atoms with Crippen molar-refractivity contribution in [3.63, 3.8) is 0 Å². The van der Waals surface area contributed by atoms with Gasteiger partial charge in [-0.05, 0) is 26.7 Å². The summed E-state index contributed by atoms with van der Waals surface area (Å²) in [6.45, 7) is 8.93. The van der Waals surface area contributed by atoms with Crippen LogP contribution < -0.4 is 5.32 Å². The van der Waals surface area contributed by atoms with Gasteiger partial charge in [0.25, 0.3) is 0 Å². The van der Waals surface area contributed by atoms with Gasteiger partial charge in [0, 0.05) is 0 Å². The second kappa shape index (κ2) is 7.24. The number of hydrogen-bond acceptors (Lipinski definition) is 6. The summed E-state index contributed by atoms with van der Waals surface area (Å²) < 4.78 is 0. The maximum atomic E-state index is 12.1. The molecule has 6 nitrogen and oxygen atoms in total. The van der Waals surface area contributed by atoms with Gasteiger partial charge in [-0.3, -0.25) is 4.79 Å². The molecule has 0 bridgehead atoms. The average Bonchev–Trinajstić information content (AvgIpc) is 2.44. The molecule has 0 radical (unpaired) electrons. The van der Waals surface area contributed by atoms with Gasteiger partial charge in [0.15, 0.2) is 0 Å². The number of hydrogen-bond donors (Lipinski definition) is 1. The monoisotopic (exact) mass is 317 g/mol. The highest BCUT2D eigenvalue weighted by molar-refractivity contribution is 8.00. The van der Waals surface area contributed by atoms with E-state index in [4.69, 9.17) is 5.26 Å². The predicted molar refractivity (Wildman–Crippen MR) is 83.9 cm³/mol. The molecule has 1 aromatic rings. The SMILES string of the molecule is Cc1nc(C)c(C#N)c(SCC(=O)NC(C)(C#N)C(C)C)n1. The van der Waals surface area contributed by atoms with E-state index in [0.717, 1.165) is 0 Å². The van der Waals surface area contributed by atoms with E-state index in [2.05, 4.69) is 27.4 Å². The van der Waals surface area contributed by atoms with Crippen molar-refractivity contribution in [2.75, 3.05) is 5.75 Å². The molecule has 0 aliphatic heterocycles. The number of aromatic nitrogens is 2. The highest BCUT2D eigenvalue weighted by Gasteiger charge is 2.30. The molecule has 1 amide bonds. The first-order chi connectivity index (χ1) is 10.2. The van der Waals surface area contributed by atoms with E-state index in [1.54, 1.807) is 20.8 Å². The standard InChI is InChI=1S/C15H19N5OS/c1-9(2)15(5,8-17)20-13(21)7-22-14-12(6-16)10(3)18-11(4)19-14/h9H,7H2,1-5H3,(H,20,21). The fourth-order valence-electron chi connectivity index (χ4n) is 1.68. The Labute approximate surface area is 135 Å². The van der Waals surface area contributed by atoms with E-state index in [9.17, 15) is 10.1 Å². The Bertz CT molecular complexity index is 659. The van der Waals surface area contributed by atoms with Crippen LogP contribution in [0.4, 0.5) is 0 Å². The molecule has 1 aromatic heterocycles. The number of amides is 1. The van der Waals surface area contributed by atoms with Crippen LogP contribution in [0.2, 0.25) is 0 Å². The molecule has 1 rings (SSSR count). The number of nitrogens with zero attached hydrogens (tertiary/aromatic N) is 4. The van der Waals surface area contributed by atoms with Gasteiger partial charge in [-0.2, -0.15) is 10.5 Å². The number of carbonyl (C=O) groups is 1. The smallest absolute Gasteiger partial charge is 0.231 e. The highest BCUT2D eigenvalue weighted by atomic mass is 32.2. The predicted octanol–water partition coefficient (Wildman–Crippen LogP) is 2.11. The molecule has 0 aliphatic rings. The molecular weight excluding hydrogens is 298 g/mol. The van der Waals surface area contributed by atoms with Crippen molar-refractivity contribution in [1.82, 2.24) is 15.3 Å². The van der Waals surface area contributed by atoms with Gasteiger partial charge >= 0.3 is 0 Å². The lowest BCUT2D eigenvalue weighted by molar-refractivity contribution is -0.120. The maximum absolute atomic E-state index is 12.1. The van der Waals surface area contributed by atoms with Gasteiger partial charge in [-0.15, -0.1) is 0 Å². The number of thioether (sulfide) groups is 1.